The Labute approximate surface area is 125 Å². The minimum atomic E-state index is 0.386. The number of benzene rings is 1. The Morgan fingerprint density at radius 1 is 1.42 bits per heavy atom. The summed E-state index contributed by atoms with van der Waals surface area (Å²) in [6.45, 7) is 6.28. The van der Waals surface area contributed by atoms with Crippen molar-refractivity contribution in [2.45, 2.75) is 45.6 Å². The first-order valence-electron chi connectivity index (χ1n) is 7.36. The van der Waals surface area contributed by atoms with Gasteiger partial charge in [0.05, 0.1) is 11.1 Å². The second-order valence-corrected chi connectivity index (χ2v) is 6.30. The summed E-state index contributed by atoms with van der Waals surface area (Å²) in [5, 5.41) is 3.50. The van der Waals surface area contributed by atoms with E-state index in [1.807, 2.05) is 0 Å². The largest absolute Gasteiger partial charge is 0.492 e. The highest BCUT2D eigenvalue weighted by Crippen LogP contribution is 2.33. The second kappa shape index (κ2) is 7.30. The van der Waals surface area contributed by atoms with Crippen LogP contribution in [0.4, 0.5) is 0 Å². The maximum absolute atomic E-state index is 5.84. The van der Waals surface area contributed by atoms with Gasteiger partial charge in [0.2, 0.25) is 0 Å². The molecule has 0 radical (unpaired) electrons. The van der Waals surface area contributed by atoms with Crippen molar-refractivity contribution in [3.8, 4) is 5.75 Å². The highest BCUT2D eigenvalue weighted by molar-refractivity contribution is 9.10. The molecule has 1 aromatic rings. The Morgan fingerprint density at radius 2 is 2.21 bits per heavy atom. The molecule has 0 heterocycles. The third kappa shape index (κ3) is 4.81. The summed E-state index contributed by atoms with van der Waals surface area (Å²) in [7, 11) is 0. The molecule has 1 fully saturated rings. The summed E-state index contributed by atoms with van der Waals surface area (Å²) in [5.41, 5.74) is 1.30. The van der Waals surface area contributed by atoms with Crippen LogP contribution in [-0.4, -0.2) is 13.2 Å². The molecule has 0 amide bonds. The van der Waals surface area contributed by atoms with E-state index in [0.717, 1.165) is 35.7 Å². The van der Waals surface area contributed by atoms with Crippen LogP contribution in [-0.2, 0) is 0 Å². The van der Waals surface area contributed by atoms with Crippen molar-refractivity contribution in [3.05, 3.63) is 28.2 Å². The molecular weight excluding hydrogens is 302 g/mol. The van der Waals surface area contributed by atoms with E-state index in [-0.39, 0.29) is 0 Å². The van der Waals surface area contributed by atoms with E-state index in [2.05, 4.69) is 53.3 Å². The topological polar surface area (TPSA) is 21.3 Å². The number of rotatable bonds is 8. The van der Waals surface area contributed by atoms with Gasteiger partial charge in [-0.2, -0.15) is 0 Å². The van der Waals surface area contributed by atoms with Crippen LogP contribution in [0.15, 0.2) is 22.7 Å². The van der Waals surface area contributed by atoms with E-state index >= 15 is 0 Å². The highest BCUT2D eigenvalue weighted by atomic mass is 79.9. The number of halogens is 1. The first-order chi connectivity index (χ1) is 9.20. The summed E-state index contributed by atoms with van der Waals surface area (Å²) >= 11 is 3.61. The minimum absolute atomic E-state index is 0.386. The van der Waals surface area contributed by atoms with Gasteiger partial charge in [-0.3, -0.25) is 0 Å². The van der Waals surface area contributed by atoms with E-state index in [9.17, 15) is 0 Å². The lowest BCUT2D eigenvalue weighted by molar-refractivity contribution is 0.300. The molecule has 0 saturated heterocycles. The molecule has 0 bridgehead atoms. The van der Waals surface area contributed by atoms with Crippen LogP contribution in [0.1, 0.15) is 51.1 Å². The molecule has 2 nitrogen and oxygen atoms in total. The summed E-state index contributed by atoms with van der Waals surface area (Å²) in [6.07, 6.45) is 5.14. The van der Waals surface area contributed by atoms with Crippen molar-refractivity contribution < 1.29 is 4.74 Å². The van der Waals surface area contributed by atoms with Crippen molar-refractivity contribution >= 4 is 15.9 Å². The van der Waals surface area contributed by atoms with Crippen molar-refractivity contribution in [2.75, 3.05) is 13.2 Å². The van der Waals surface area contributed by atoms with E-state index in [0.29, 0.717) is 6.04 Å². The molecule has 1 atom stereocenters. The minimum Gasteiger partial charge on any atom is -0.492 e. The van der Waals surface area contributed by atoms with Gasteiger partial charge in [-0.1, -0.05) is 25.8 Å². The van der Waals surface area contributed by atoms with E-state index < -0.39 is 0 Å². The smallest absolute Gasteiger partial charge is 0.133 e. The molecule has 1 aliphatic carbocycles. The molecule has 0 aromatic heterocycles. The summed E-state index contributed by atoms with van der Waals surface area (Å²) < 4.78 is 6.90. The molecule has 19 heavy (non-hydrogen) atoms. The average molecular weight is 326 g/mol. The second-order valence-electron chi connectivity index (χ2n) is 5.45. The Morgan fingerprint density at radius 3 is 2.84 bits per heavy atom. The zero-order valence-electron chi connectivity index (χ0n) is 11.9. The van der Waals surface area contributed by atoms with Crippen LogP contribution in [0.3, 0.4) is 0 Å². The SMILES string of the molecule is CCCNC(C)c1ccc(OCCC2CC2)c(Br)c1. The molecule has 1 aromatic carbocycles. The number of nitrogens with one attached hydrogen (secondary N) is 1. The molecule has 0 aliphatic heterocycles. The van der Waals surface area contributed by atoms with Crippen molar-refractivity contribution in [1.82, 2.24) is 5.32 Å². The molecule has 3 heteroatoms. The van der Waals surface area contributed by atoms with Crippen molar-refractivity contribution in [2.24, 2.45) is 5.92 Å². The van der Waals surface area contributed by atoms with Crippen LogP contribution in [0.2, 0.25) is 0 Å². The molecule has 1 unspecified atom stereocenters. The molecule has 106 valence electrons. The zero-order valence-corrected chi connectivity index (χ0v) is 13.5. The van der Waals surface area contributed by atoms with Crippen LogP contribution >= 0.6 is 15.9 Å². The first-order valence-corrected chi connectivity index (χ1v) is 8.15. The standard InChI is InChI=1S/C16H24BrNO/c1-3-9-18-12(2)14-6-7-16(15(17)11-14)19-10-8-13-4-5-13/h6-7,11-13,18H,3-5,8-10H2,1-2H3. The van der Waals surface area contributed by atoms with E-state index in [4.69, 9.17) is 4.74 Å². The van der Waals surface area contributed by atoms with Crippen LogP contribution < -0.4 is 10.1 Å². The lowest BCUT2D eigenvalue weighted by Gasteiger charge is -2.15. The monoisotopic (exact) mass is 325 g/mol. The van der Waals surface area contributed by atoms with Crippen molar-refractivity contribution in [1.29, 1.82) is 0 Å². The molecule has 2 rings (SSSR count). The maximum atomic E-state index is 5.84. The molecular formula is C16H24BrNO. The lowest BCUT2D eigenvalue weighted by atomic mass is 10.1. The number of hydrogen-bond acceptors (Lipinski definition) is 2. The Kier molecular flexibility index (Phi) is 5.71. The predicted octanol–water partition coefficient (Wildman–Crippen LogP) is 4.69. The van der Waals surface area contributed by atoms with Gasteiger partial charge in [-0.05, 0) is 65.9 Å². The summed E-state index contributed by atoms with van der Waals surface area (Å²) in [6, 6.07) is 6.79. The fourth-order valence-corrected chi connectivity index (χ4v) is 2.64. The number of hydrogen-bond donors (Lipinski definition) is 1. The van der Waals surface area contributed by atoms with Gasteiger partial charge < -0.3 is 10.1 Å². The summed E-state index contributed by atoms with van der Waals surface area (Å²) in [5.74, 6) is 1.89. The van der Waals surface area contributed by atoms with E-state index in [1.54, 1.807) is 0 Å². The predicted molar refractivity (Wildman–Crippen MR) is 83.7 cm³/mol. The van der Waals surface area contributed by atoms with Gasteiger partial charge in [-0.25, -0.2) is 0 Å². The third-order valence-electron chi connectivity index (χ3n) is 3.64. The highest BCUT2D eigenvalue weighted by Gasteiger charge is 2.20. The van der Waals surface area contributed by atoms with Gasteiger partial charge >= 0.3 is 0 Å². The third-order valence-corrected chi connectivity index (χ3v) is 4.26. The molecule has 0 spiro atoms. The van der Waals surface area contributed by atoms with Gasteiger partial charge in [0, 0.05) is 6.04 Å². The Hall–Kier alpha value is -0.540. The van der Waals surface area contributed by atoms with Crippen LogP contribution in [0.25, 0.3) is 0 Å². The molecule has 1 aliphatic rings. The zero-order chi connectivity index (χ0) is 13.7. The molecule has 1 N–H and O–H groups in total. The van der Waals surface area contributed by atoms with Gasteiger partial charge in [0.25, 0.3) is 0 Å². The summed E-state index contributed by atoms with van der Waals surface area (Å²) in [4.78, 5) is 0. The molecule has 1 saturated carbocycles. The van der Waals surface area contributed by atoms with Crippen molar-refractivity contribution in [3.63, 3.8) is 0 Å². The Balaban J connectivity index is 1.87. The van der Waals surface area contributed by atoms with Gasteiger partial charge in [-0.15, -0.1) is 0 Å². The van der Waals surface area contributed by atoms with Crippen LogP contribution in [0.5, 0.6) is 5.75 Å². The fraction of sp³-hybridized carbons (Fsp3) is 0.625. The maximum Gasteiger partial charge on any atom is 0.133 e. The number of ether oxygens (including phenoxy) is 1. The fourth-order valence-electron chi connectivity index (χ4n) is 2.12. The van der Waals surface area contributed by atoms with Crippen LogP contribution in [0, 0.1) is 5.92 Å². The van der Waals surface area contributed by atoms with Gasteiger partial charge in [0.1, 0.15) is 5.75 Å². The van der Waals surface area contributed by atoms with E-state index in [1.165, 1.54) is 24.8 Å². The average Bonchev–Trinajstić information content (AvgIpc) is 3.22. The normalized spacial score (nSPS) is 16.4. The lowest BCUT2D eigenvalue weighted by Crippen LogP contribution is -2.19. The Bertz CT molecular complexity index is 404. The van der Waals surface area contributed by atoms with Gasteiger partial charge in [0.15, 0.2) is 0 Å². The quantitative estimate of drug-likeness (QED) is 0.748. The first kappa shape index (κ1) is 14.9.